The Labute approximate surface area is 97.5 Å². The van der Waals surface area contributed by atoms with E-state index in [2.05, 4.69) is 63.3 Å². The molecule has 0 saturated carbocycles. The van der Waals surface area contributed by atoms with E-state index in [1.807, 2.05) is 0 Å². The molecule has 0 saturated heterocycles. The van der Waals surface area contributed by atoms with Crippen LogP contribution in [0.15, 0.2) is 59.4 Å². The third-order valence-corrected chi connectivity index (χ3v) is 2.40. The fourth-order valence-corrected chi connectivity index (χ4v) is 1.77. The lowest BCUT2D eigenvalue weighted by molar-refractivity contribution is 0.0570. The number of hydrogen-bond donors (Lipinski definition) is 0. The summed E-state index contributed by atoms with van der Waals surface area (Å²) in [7, 11) is 0. The molecule has 1 heteroatoms. The number of fused-ring (bicyclic) bond motifs is 2. The van der Waals surface area contributed by atoms with E-state index in [1.54, 1.807) is 0 Å². The van der Waals surface area contributed by atoms with Crippen LogP contribution in [0, 0.1) is 0 Å². The third kappa shape index (κ3) is 2.75. The average Bonchev–Trinajstić information content (AvgIpc) is 2.49. The van der Waals surface area contributed by atoms with Crippen LogP contribution in [0.3, 0.4) is 0 Å². The molecule has 2 aliphatic rings. The van der Waals surface area contributed by atoms with Gasteiger partial charge in [0.1, 0.15) is 11.4 Å². The van der Waals surface area contributed by atoms with E-state index in [-0.39, 0.29) is 5.60 Å². The highest BCUT2D eigenvalue weighted by Crippen LogP contribution is 2.29. The van der Waals surface area contributed by atoms with Crippen molar-refractivity contribution in [3.8, 4) is 0 Å². The highest BCUT2D eigenvalue weighted by Gasteiger charge is 2.18. The summed E-state index contributed by atoms with van der Waals surface area (Å²) >= 11 is 0. The van der Waals surface area contributed by atoms with E-state index < -0.39 is 0 Å². The van der Waals surface area contributed by atoms with E-state index in [4.69, 9.17) is 4.74 Å². The Balaban J connectivity index is 2.30. The molecule has 2 rings (SSSR count). The largest absolute Gasteiger partial charge is 0.488 e. The highest BCUT2D eigenvalue weighted by atomic mass is 16.5. The summed E-state index contributed by atoms with van der Waals surface area (Å²) in [6.07, 6.45) is 15.6. The van der Waals surface area contributed by atoms with Crippen molar-refractivity contribution < 1.29 is 4.74 Å². The van der Waals surface area contributed by atoms with Gasteiger partial charge in [-0.2, -0.15) is 0 Å². The monoisotopic (exact) mass is 214 g/mol. The van der Waals surface area contributed by atoms with Gasteiger partial charge < -0.3 is 4.74 Å². The van der Waals surface area contributed by atoms with Crippen molar-refractivity contribution in [2.24, 2.45) is 0 Å². The summed E-state index contributed by atoms with van der Waals surface area (Å²) in [5.41, 5.74) is 2.42. The second-order valence-electron chi connectivity index (χ2n) is 5.10. The molecule has 0 radical (unpaired) electrons. The predicted octanol–water partition coefficient (Wildman–Crippen LogP) is 4.07. The normalized spacial score (nSPS) is 19.3. The van der Waals surface area contributed by atoms with Gasteiger partial charge >= 0.3 is 0 Å². The molecule has 0 spiro atoms. The second kappa shape index (κ2) is 4.17. The van der Waals surface area contributed by atoms with Crippen LogP contribution < -0.4 is 0 Å². The number of allylic oxidation sites excluding steroid dienone is 9. The SMILES string of the molecule is CC(C)(C)OC1=CC=CC2=CC=CC=C1C2. The second-order valence-corrected chi connectivity index (χ2v) is 5.10. The van der Waals surface area contributed by atoms with Gasteiger partial charge in [-0.05, 0) is 38.0 Å². The maximum Gasteiger partial charge on any atom is 0.123 e. The molecule has 2 aliphatic carbocycles. The van der Waals surface area contributed by atoms with Gasteiger partial charge in [0, 0.05) is 6.42 Å². The first-order chi connectivity index (χ1) is 7.54. The van der Waals surface area contributed by atoms with Crippen molar-refractivity contribution in [1.82, 2.24) is 0 Å². The van der Waals surface area contributed by atoms with Crippen molar-refractivity contribution in [1.29, 1.82) is 0 Å². The zero-order valence-electron chi connectivity index (χ0n) is 10.2. The summed E-state index contributed by atoms with van der Waals surface area (Å²) in [5.74, 6) is 0.985. The van der Waals surface area contributed by atoms with Crippen molar-refractivity contribution in [2.45, 2.75) is 32.8 Å². The van der Waals surface area contributed by atoms with Gasteiger partial charge in [-0.25, -0.2) is 0 Å². The number of hydrogen-bond acceptors (Lipinski definition) is 1. The molecule has 0 aliphatic heterocycles. The third-order valence-electron chi connectivity index (χ3n) is 2.40. The van der Waals surface area contributed by atoms with Gasteiger partial charge in [0.2, 0.25) is 0 Å². The van der Waals surface area contributed by atoms with E-state index in [0.29, 0.717) is 0 Å². The van der Waals surface area contributed by atoms with Crippen LogP contribution in [0.4, 0.5) is 0 Å². The van der Waals surface area contributed by atoms with E-state index in [0.717, 1.165) is 12.2 Å². The van der Waals surface area contributed by atoms with Gasteiger partial charge in [-0.1, -0.05) is 36.5 Å². The molecule has 0 aromatic rings. The van der Waals surface area contributed by atoms with E-state index >= 15 is 0 Å². The maximum absolute atomic E-state index is 5.98. The standard InChI is InChI=1S/C15H18O/c1-15(2,3)16-14-10-6-8-12-7-4-5-9-13(14)11-12/h4-10H,11H2,1-3H3. The van der Waals surface area contributed by atoms with Gasteiger partial charge in [-0.3, -0.25) is 0 Å². The smallest absolute Gasteiger partial charge is 0.123 e. The Morgan fingerprint density at radius 2 is 1.75 bits per heavy atom. The lowest BCUT2D eigenvalue weighted by Gasteiger charge is -2.24. The van der Waals surface area contributed by atoms with Crippen LogP contribution in [0.1, 0.15) is 27.2 Å². The molecule has 0 aromatic heterocycles. The van der Waals surface area contributed by atoms with Crippen molar-refractivity contribution in [3.63, 3.8) is 0 Å². The topological polar surface area (TPSA) is 9.23 Å². The summed E-state index contributed by atoms with van der Waals surface area (Å²) in [6, 6.07) is 0. The van der Waals surface area contributed by atoms with Gasteiger partial charge in [0.25, 0.3) is 0 Å². The molecule has 0 unspecified atom stereocenters. The molecule has 1 nitrogen and oxygen atoms in total. The van der Waals surface area contributed by atoms with Crippen molar-refractivity contribution >= 4 is 0 Å². The van der Waals surface area contributed by atoms with Crippen LogP contribution in [0.2, 0.25) is 0 Å². The lowest BCUT2D eigenvalue weighted by atomic mass is 10.1. The molecule has 0 N–H and O–H groups in total. The van der Waals surface area contributed by atoms with Gasteiger partial charge in [0.15, 0.2) is 0 Å². The molecular weight excluding hydrogens is 196 g/mol. The van der Waals surface area contributed by atoms with Crippen molar-refractivity contribution in [2.75, 3.05) is 0 Å². The number of rotatable bonds is 1. The molecule has 0 aromatic carbocycles. The zero-order chi connectivity index (χ0) is 11.6. The zero-order valence-corrected chi connectivity index (χ0v) is 10.2. The summed E-state index contributed by atoms with van der Waals surface area (Å²) < 4.78 is 5.98. The fraction of sp³-hybridized carbons (Fsp3) is 0.333. The number of ether oxygens (including phenoxy) is 1. The molecule has 0 heterocycles. The van der Waals surface area contributed by atoms with E-state index in [1.165, 1.54) is 11.1 Å². The quantitative estimate of drug-likeness (QED) is 0.639. The molecular formula is C15H18O. The first-order valence-electron chi connectivity index (χ1n) is 5.69. The lowest BCUT2D eigenvalue weighted by Crippen LogP contribution is -2.19. The predicted molar refractivity (Wildman–Crippen MR) is 68.0 cm³/mol. The molecule has 0 atom stereocenters. The van der Waals surface area contributed by atoms with Crippen LogP contribution in [0.25, 0.3) is 0 Å². The average molecular weight is 214 g/mol. The van der Waals surface area contributed by atoms with Gasteiger partial charge in [-0.15, -0.1) is 0 Å². The van der Waals surface area contributed by atoms with Crippen LogP contribution >= 0.6 is 0 Å². The van der Waals surface area contributed by atoms with Crippen molar-refractivity contribution in [3.05, 3.63) is 59.4 Å². The minimum atomic E-state index is -0.148. The Bertz CT molecular complexity index is 423. The molecule has 0 amide bonds. The Hall–Kier alpha value is -1.50. The summed E-state index contributed by atoms with van der Waals surface area (Å²) in [6.45, 7) is 6.23. The Morgan fingerprint density at radius 3 is 2.50 bits per heavy atom. The summed E-state index contributed by atoms with van der Waals surface area (Å²) in [4.78, 5) is 0. The fourth-order valence-electron chi connectivity index (χ4n) is 1.77. The highest BCUT2D eigenvalue weighted by molar-refractivity contribution is 5.45. The van der Waals surface area contributed by atoms with E-state index in [9.17, 15) is 0 Å². The molecule has 2 bridgehead atoms. The molecule has 84 valence electrons. The summed E-state index contributed by atoms with van der Waals surface area (Å²) in [5, 5.41) is 0. The maximum atomic E-state index is 5.98. The van der Waals surface area contributed by atoms with Crippen LogP contribution in [-0.4, -0.2) is 5.60 Å². The first kappa shape index (κ1) is 11.0. The minimum Gasteiger partial charge on any atom is -0.488 e. The Morgan fingerprint density at radius 1 is 1.00 bits per heavy atom. The molecule has 16 heavy (non-hydrogen) atoms. The Kier molecular flexibility index (Phi) is 2.86. The van der Waals surface area contributed by atoms with Crippen LogP contribution in [-0.2, 0) is 4.74 Å². The minimum absolute atomic E-state index is 0.148. The molecule has 0 fully saturated rings. The first-order valence-corrected chi connectivity index (χ1v) is 5.69. The van der Waals surface area contributed by atoms with Gasteiger partial charge in [0.05, 0.1) is 0 Å². The van der Waals surface area contributed by atoms with Crippen LogP contribution in [0.5, 0.6) is 0 Å².